The summed E-state index contributed by atoms with van der Waals surface area (Å²) in [4.78, 5) is 23.7. The fraction of sp³-hybridized carbons (Fsp3) is 0.826. The molecule has 0 aromatic rings. The molecule has 0 bridgehead atoms. The maximum Gasteiger partial charge on any atom is 0.302 e. The van der Waals surface area contributed by atoms with Crippen LogP contribution in [0.25, 0.3) is 0 Å². The van der Waals surface area contributed by atoms with Crippen LogP contribution in [-0.2, 0) is 19.1 Å². The van der Waals surface area contributed by atoms with Crippen molar-refractivity contribution in [3.05, 3.63) is 11.6 Å². The van der Waals surface area contributed by atoms with E-state index >= 15 is 0 Å². The molecular weight excluding hydrogens is 340 g/mol. The molecular formula is C23H32O4. The molecule has 148 valence electrons. The van der Waals surface area contributed by atoms with Gasteiger partial charge in [-0.25, -0.2) is 0 Å². The topological polar surface area (TPSA) is 55.9 Å². The Morgan fingerprint density at radius 1 is 1.15 bits per heavy atom. The molecule has 0 amide bonds. The highest BCUT2D eigenvalue weighted by atomic mass is 16.6. The number of rotatable bonds is 2. The van der Waals surface area contributed by atoms with Crippen LogP contribution in [0.15, 0.2) is 11.6 Å². The Labute approximate surface area is 162 Å². The number of carbonyl (C=O) groups is 2. The number of ketones is 1. The minimum atomic E-state index is -0.452. The lowest BCUT2D eigenvalue weighted by atomic mass is 9.48. The van der Waals surface area contributed by atoms with E-state index in [9.17, 15) is 9.59 Å². The minimum absolute atomic E-state index is 0.0562. The maximum atomic E-state index is 12.3. The van der Waals surface area contributed by atoms with E-state index in [0.29, 0.717) is 17.8 Å². The first-order valence-electron chi connectivity index (χ1n) is 10.8. The van der Waals surface area contributed by atoms with E-state index in [2.05, 4.69) is 19.9 Å². The van der Waals surface area contributed by atoms with Crippen molar-refractivity contribution in [2.75, 3.05) is 0 Å². The van der Waals surface area contributed by atoms with Crippen molar-refractivity contribution in [2.45, 2.75) is 90.4 Å². The van der Waals surface area contributed by atoms with Gasteiger partial charge in [0.05, 0.1) is 0 Å². The van der Waals surface area contributed by atoms with Crippen LogP contribution in [0.4, 0.5) is 0 Å². The van der Waals surface area contributed by atoms with Crippen LogP contribution in [0.3, 0.4) is 0 Å². The van der Waals surface area contributed by atoms with Crippen molar-refractivity contribution in [3.8, 4) is 0 Å². The summed E-state index contributed by atoms with van der Waals surface area (Å²) in [7, 11) is 0. The minimum Gasteiger partial charge on any atom is -0.462 e. The first kappa shape index (κ1) is 17.9. The molecule has 4 heteroatoms. The summed E-state index contributed by atoms with van der Waals surface area (Å²) in [5.74, 6) is 2.02. The maximum absolute atomic E-state index is 12.3. The lowest BCUT2D eigenvalue weighted by Gasteiger charge is -2.57. The summed E-state index contributed by atoms with van der Waals surface area (Å²) in [5.41, 5.74) is 1.47. The van der Waals surface area contributed by atoms with Crippen molar-refractivity contribution in [1.82, 2.24) is 0 Å². The normalized spacial score (nSPS) is 52.6. The van der Waals surface area contributed by atoms with Crippen molar-refractivity contribution in [2.24, 2.45) is 28.6 Å². The van der Waals surface area contributed by atoms with Gasteiger partial charge in [-0.1, -0.05) is 25.5 Å². The van der Waals surface area contributed by atoms with Gasteiger partial charge < -0.3 is 9.47 Å². The number of Topliss-reactive ketones (excluding diaryl/α,β-unsaturated/α-hetero) is 1. The SMILES string of the molecule is CC(=O)O[C@@H]1CC[C@]2(C)C(=CC[C@H]3[C@H]4C[C@@]5(C(C)=O)O[C@H]5[C@]4(C)CC[C@@H]32)C1. The average Bonchev–Trinajstić information content (AvgIpc) is 3.28. The molecule has 0 unspecified atom stereocenters. The lowest BCUT2D eigenvalue weighted by molar-refractivity contribution is -0.148. The number of allylic oxidation sites excluding steroid dienone is 1. The molecule has 27 heavy (non-hydrogen) atoms. The molecule has 0 N–H and O–H groups in total. The van der Waals surface area contributed by atoms with Crippen LogP contribution in [-0.4, -0.2) is 29.6 Å². The lowest BCUT2D eigenvalue weighted by Crippen LogP contribution is -2.51. The van der Waals surface area contributed by atoms with Crippen molar-refractivity contribution >= 4 is 11.8 Å². The number of ether oxygens (including phenoxy) is 2. The summed E-state index contributed by atoms with van der Waals surface area (Å²) >= 11 is 0. The summed E-state index contributed by atoms with van der Waals surface area (Å²) in [5, 5.41) is 0. The van der Waals surface area contributed by atoms with E-state index in [1.807, 2.05) is 0 Å². The van der Waals surface area contributed by atoms with Gasteiger partial charge in [-0.05, 0) is 68.6 Å². The second-order valence-electron chi connectivity index (χ2n) is 10.4. The molecule has 3 saturated carbocycles. The Morgan fingerprint density at radius 3 is 2.63 bits per heavy atom. The molecule has 0 aromatic carbocycles. The average molecular weight is 373 g/mol. The third-order valence-electron chi connectivity index (χ3n) is 9.24. The first-order chi connectivity index (χ1) is 12.7. The van der Waals surface area contributed by atoms with E-state index in [4.69, 9.17) is 9.47 Å². The van der Waals surface area contributed by atoms with Gasteiger partial charge in [0.25, 0.3) is 0 Å². The number of epoxide rings is 1. The van der Waals surface area contributed by atoms with Gasteiger partial charge in [0.1, 0.15) is 12.2 Å². The molecule has 1 saturated heterocycles. The Kier molecular flexibility index (Phi) is 3.62. The first-order valence-corrected chi connectivity index (χ1v) is 10.8. The molecule has 0 radical (unpaired) electrons. The third-order valence-corrected chi connectivity index (χ3v) is 9.24. The fourth-order valence-corrected chi connectivity index (χ4v) is 7.76. The number of esters is 1. The van der Waals surface area contributed by atoms with Crippen LogP contribution in [0, 0.1) is 28.6 Å². The number of hydrogen-bond acceptors (Lipinski definition) is 4. The number of hydrogen-bond donors (Lipinski definition) is 0. The molecule has 1 aliphatic heterocycles. The van der Waals surface area contributed by atoms with Crippen LogP contribution < -0.4 is 0 Å². The van der Waals surface area contributed by atoms with E-state index in [0.717, 1.165) is 32.1 Å². The monoisotopic (exact) mass is 372 g/mol. The number of fused-ring (bicyclic) bond motifs is 7. The van der Waals surface area contributed by atoms with E-state index in [1.165, 1.54) is 25.3 Å². The number of carbonyl (C=O) groups excluding carboxylic acids is 2. The van der Waals surface area contributed by atoms with Gasteiger partial charge >= 0.3 is 5.97 Å². The van der Waals surface area contributed by atoms with Crippen LogP contribution in [0.5, 0.6) is 0 Å². The van der Waals surface area contributed by atoms with Crippen LogP contribution in [0.2, 0.25) is 0 Å². The smallest absolute Gasteiger partial charge is 0.302 e. The standard InChI is InChI=1S/C23H32O4/c1-13(24)23-12-19-17-6-5-15-11-16(26-14(2)25)7-9-21(15,3)18(17)8-10-22(19,4)20(23)27-23/h5,16-20H,6-12H2,1-4H3/t16-,17-,18+,19-,20+,21-,22-,23+/m1/s1. The predicted molar refractivity (Wildman–Crippen MR) is 101 cm³/mol. The zero-order valence-corrected chi connectivity index (χ0v) is 17.0. The van der Waals surface area contributed by atoms with E-state index < -0.39 is 5.60 Å². The zero-order valence-electron chi connectivity index (χ0n) is 17.0. The summed E-state index contributed by atoms with van der Waals surface area (Å²) < 4.78 is 11.6. The highest BCUT2D eigenvalue weighted by Gasteiger charge is 2.77. The summed E-state index contributed by atoms with van der Waals surface area (Å²) in [6.45, 7) is 8.07. The molecule has 8 atom stereocenters. The molecule has 0 spiro atoms. The second-order valence-corrected chi connectivity index (χ2v) is 10.4. The molecule has 5 rings (SSSR count). The Balaban J connectivity index is 1.42. The zero-order chi connectivity index (χ0) is 19.2. The highest BCUT2D eigenvalue weighted by molar-refractivity contribution is 5.89. The van der Waals surface area contributed by atoms with Gasteiger partial charge in [0.2, 0.25) is 0 Å². The molecule has 0 aromatic heterocycles. The van der Waals surface area contributed by atoms with Crippen molar-refractivity contribution in [3.63, 3.8) is 0 Å². The van der Waals surface area contributed by atoms with Gasteiger partial charge in [0.15, 0.2) is 11.4 Å². The van der Waals surface area contributed by atoms with Gasteiger partial charge in [0, 0.05) is 18.8 Å². The molecule has 4 aliphatic carbocycles. The summed E-state index contributed by atoms with van der Waals surface area (Å²) in [6, 6.07) is 0. The Bertz CT molecular complexity index is 741. The Hall–Kier alpha value is -1.16. The van der Waals surface area contributed by atoms with Gasteiger partial charge in [-0.15, -0.1) is 0 Å². The molecule has 4 fully saturated rings. The molecule has 1 heterocycles. The van der Waals surface area contributed by atoms with E-state index in [-0.39, 0.29) is 34.8 Å². The van der Waals surface area contributed by atoms with Gasteiger partial charge in [-0.2, -0.15) is 0 Å². The van der Waals surface area contributed by atoms with Gasteiger partial charge in [-0.3, -0.25) is 9.59 Å². The van der Waals surface area contributed by atoms with Crippen LogP contribution >= 0.6 is 0 Å². The predicted octanol–water partition coefficient (Wildman–Crippen LogP) is 4.22. The fourth-order valence-electron chi connectivity index (χ4n) is 7.76. The Morgan fingerprint density at radius 2 is 1.93 bits per heavy atom. The summed E-state index contributed by atoms with van der Waals surface area (Å²) in [6.07, 6.45) is 10.1. The van der Waals surface area contributed by atoms with E-state index in [1.54, 1.807) is 6.92 Å². The quantitative estimate of drug-likeness (QED) is 0.414. The highest BCUT2D eigenvalue weighted by Crippen LogP contribution is 2.72. The third kappa shape index (κ3) is 2.25. The second kappa shape index (κ2) is 5.46. The largest absolute Gasteiger partial charge is 0.462 e. The van der Waals surface area contributed by atoms with Crippen LogP contribution in [0.1, 0.15) is 72.6 Å². The molecule has 5 aliphatic rings. The van der Waals surface area contributed by atoms with Crippen molar-refractivity contribution < 1.29 is 19.1 Å². The van der Waals surface area contributed by atoms with Crippen molar-refractivity contribution in [1.29, 1.82) is 0 Å². The molecule has 4 nitrogen and oxygen atoms in total.